The predicted molar refractivity (Wildman–Crippen MR) is 115 cm³/mol. The first kappa shape index (κ1) is 22.0. The average molecular weight is 420 g/mol. The number of piperidine rings is 1. The summed E-state index contributed by atoms with van der Waals surface area (Å²) in [5.41, 5.74) is 2.78. The number of hydrogen-bond donors (Lipinski definition) is 1. The van der Waals surface area contributed by atoms with Gasteiger partial charge >= 0.3 is 0 Å². The molecule has 1 N–H and O–H groups in total. The van der Waals surface area contributed by atoms with E-state index in [-0.39, 0.29) is 0 Å². The van der Waals surface area contributed by atoms with Gasteiger partial charge in [0.05, 0.1) is 24.5 Å². The summed E-state index contributed by atoms with van der Waals surface area (Å²) in [5, 5.41) is 4.60. The number of likely N-dealkylation sites (tertiary alicyclic amines) is 1. The highest BCUT2D eigenvalue weighted by atomic mass is 32.2. The molecule has 1 aliphatic rings. The van der Waals surface area contributed by atoms with Crippen molar-refractivity contribution in [2.75, 3.05) is 26.2 Å². The Hall–Kier alpha value is -1.70. The third-order valence-electron chi connectivity index (χ3n) is 6.17. The fourth-order valence-corrected chi connectivity index (χ4v) is 6.34. The molecule has 1 aliphatic heterocycles. The van der Waals surface area contributed by atoms with Crippen LogP contribution in [0.1, 0.15) is 43.6 Å². The molecule has 0 atom stereocenters. The molecule has 0 saturated carbocycles. The zero-order valence-corrected chi connectivity index (χ0v) is 19.0. The van der Waals surface area contributed by atoms with Crippen LogP contribution in [0.5, 0.6) is 0 Å². The maximum atomic E-state index is 13.0. The van der Waals surface area contributed by atoms with Crippen molar-refractivity contribution in [3.8, 4) is 0 Å². The number of benzene rings is 1. The Morgan fingerprint density at radius 2 is 1.72 bits per heavy atom. The van der Waals surface area contributed by atoms with Crippen LogP contribution in [-0.2, 0) is 23.1 Å². The van der Waals surface area contributed by atoms with Gasteiger partial charge in [-0.2, -0.15) is 9.40 Å². The lowest BCUT2D eigenvalue weighted by atomic mass is 9.90. The van der Waals surface area contributed by atoms with Crippen molar-refractivity contribution in [1.82, 2.24) is 14.1 Å². The number of nitrogens with one attached hydrogen (secondary N) is 1. The summed E-state index contributed by atoms with van der Waals surface area (Å²) in [6.45, 7) is 11.3. The van der Waals surface area contributed by atoms with Crippen LogP contribution in [-0.4, -0.2) is 48.7 Å². The molecule has 2 aromatic rings. The molecule has 3 rings (SSSR count). The van der Waals surface area contributed by atoms with Gasteiger partial charge in [-0.25, -0.2) is 13.1 Å². The molecule has 6 nitrogen and oxygen atoms in total. The second kappa shape index (κ2) is 9.41. The minimum absolute atomic E-state index is 0.388. The first-order chi connectivity index (χ1) is 13.9. The molecule has 0 unspecified atom stereocenters. The minimum Gasteiger partial charge on any atom is -0.316 e. The third-order valence-corrected chi connectivity index (χ3v) is 8.47. The number of sulfonamides is 1. The molecule has 1 saturated heterocycles. The molecule has 1 aromatic carbocycles. The topological polar surface area (TPSA) is 59.6 Å². The second-order valence-corrected chi connectivity index (χ2v) is 10.0. The normalized spacial score (nSPS) is 20.3. The standard InChI is InChI=1S/C22H34N4O2S/c1-5-25(6-2)29(27,28)22-18(3)23-26(19(22)4)17-24-14-12-21(13-15-24)16-20-10-8-7-9-11-20/h7-11,21H,5-6,12-17H2,1-4H3/p+1. The van der Waals surface area contributed by atoms with Gasteiger partial charge in [-0.3, -0.25) is 0 Å². The highest BCUT2D eigenvalue weighted by Crippen LogP contribution is 2.23. The van der Waals surface area contributed by atoms with Gasteiger partial charge in [0, 0.05) is 13.1 Å². The van der Waals surface area contributed by atoms with Crippen LogP contribution in [0, 0.1) is 19.8 Å². The molecule has 1 aromatic heterocycles. The maximum absolute atomic E-state index is 13.0. The molecule has 0 aliphatic carbocycles. The van der Waals surface area contributed by atoms with E-state index in [0.717, 1.165) is 37.8 Å². The van der Waals surface area contributed by atoms with Crippen LogP contribution < -0.4 is 4.90 Å². The molecule has 1 fully saturated rings. The lowest BCUT2D eigenvalue weighted by Gasteiger charge is -2.29. The molecule has 0 amide bonds. The van der Waals surface area contributed by atoms with E-state index in [2.05, 4.69) is 35.4 Å². The Morgan fingerprint density at radius 1 is 1.10 bits per heavy atom. The van der Waals surface area contributed by atoms with Crippen LogP contribution in [0.3, 0.4) is 0 Å². The zero-order valence-electron chi connectivity index (χ0n) is 18.2. The number of nitrogens with zero attached hydrogens (tertiary/aromatic N) is 3. The van der Waals surface area contributed by atoms with Gasteiger partial charge in [-0.1, -0.05) is 44.2 Å². The van der Waals surface area contributed by atoms with Gasteiger partial charge in [-0.15, -0.1) is 0 Å². The minimum atomic E-state index is -3.49. The Morgan fingerprint density at radius 3 is 2.31 bits per heavy atom. The fraction of sp³-hybridized carbons (Fsp3) is 0.591. The van der Waals surface area contributed by atoms with Crippen LogP contribution in [0.2, 0.25) is 0 Å². The molecule has 0 bridgehead atoms. The molecule has 2 heterocycles. The quantitative estimate of drug-likeness (QED) is 0.712. The Kier molecular flexibility index (Phi) is 7.14. The van der Waals surface area contributed by atoms with Crippen LogP contribution in [0.15, 0.2) is 35.2 Å². The summed E-state index contributed by atoms with van der Waals surface area (Å²) in [4.78, 5) is 1.87. The Labute approximate surface area is 175 Å². The lowest BCUT2D eigenvalue weighted by molar-refractivity contribution is -0.929. The van der Waals surface area contributed by atoms with Gasteiger partial charge in [-0.05, 0) is 44.6 Å². The van der Waals surface area contributed by atoms with E-state index < -0.39 is 10.0 Å². The third kappa shape index (κ3) is 4.90. The highest BCUT2D eigenvalue weighted by molar-refractivity contribution is 7.89. The number of aromatic nitrogens is 2. The van der Waals surface area contributed by atoms with Crippen molar-refractivity contribution in [1.29, 1.82) is 0 Å². The van der Waals surface area contributed by atoms with Crippen LogP contribution in [0.25, 0.3) is 0 Å². The van der Waals surface area contributed by atoms with Gasteiger partial charge in [0.1, 0.15) is 4.90 Å². The summed E-state index contributed by atoms with van der Waals surface area (Å²) >= 11 is 0. The van der Waals surface area contributed by atoms with Crippen LogP contribution in [0.4, 0.5) is 0 Å². The number of hydrogen-bond acceptors (Lipinski definition) is 3. The molecule has 7 heteroatoms. The molecule has 29 heavy (non-hydrogen) atoms. The SMILES string of the molecule is CCN(CC)S(=O)(=O)c1c(C)nn(C[NH+]2CCC(Cc3ccccc3)CC2)c1C. The summed E-state index contributed by atoms with van der Waals surface area (Å²) in [6.07, 6.45) is 3.56. The van der Waals surface area contributed by atoms with E-state index in [0.29, 0.717) is 23.7 Å². The van der Waals surface area contributed by atoms with Crippen molar-refractivity contribution in [3.05, 3.63) is 47.3 Å². The van der Waals surface area contributed by atoms with Crippen molar-refractivity contribution >= 4 is 10.0 Å². The van der Waals surface area contributed by atoms with Gasteiger partial charge < -0.3 is 4.90 Å². The highest BCUT2D eigenvalue weighted by Gasteiger charge is 2.30. The van der Waals surface area contributed by atoms with E-state index in [4.69, 9.17) is 0 Å². The molecular weight excluding hydrogens is 384 g/mol. The Bertz CT molecular complexity index is 896. The van der Waals surface area contributed by atoms with Gasteiger partial charge in [0.25, 0.3) is 0 Å². The predicted octanol–water partition coefficient (Wildman–Crippen LogP) is 2.03. The number of rotatable bonds is 8. The summed E-state index contributed by atoms with van der Waals surface area (Å²) in [6, 6.07) is 10.7. The van der Waals surface area contributed by atoms with Crippen molar-refractivity contribution in [3.63, 3.8) is 0 Å². The van der Waals surface area contributed by atoms with Crippen molar-refractivity contribution < 1.29 is 13.3 Å². The van der Waals surface area contributed by atoms with Gasteiger partial charge in [0.2, 0.25) is 10.0 Å². The monoisotopic (exact) mass is 419 g/mol. The second-order valence-electron chi connectivity index (χ2n) is 8.13. The number of quaternary nitrogens is 1. The smallest absolute Gasteiger partial charge is 0.246 e. The van der Waals surface area contributed by atoms with E-state index in [1.807, 2.05) is 25.5 Å². The van der Waals surface area contributed by atoms with Gasteiger partial charge in [0.15, 0.2) is 6.67 Å². The summed E-state index contributed by atoms with van der Waals surface area (Å²) in [7, 11) is -3.49. The molecule has 160 valence electrons. The first-order valence-corrected chi connectivity index (χ1v) is 12.2. The Balaban J connectivity index is 1.65. The number of aryl methyl sites for hydroxylation is 1. The van der Waals surface area contributed by atoms with E-state index in [9.17, 15) is 8.42 Å². The summed E-state index contributed by atoms with van der Waals surface area (Å²) < 4.78 is 29.5. The van der Waals surface area contributed by atoms with E-state index in [1.165, 1.54) is 27.6 Å². The fourth-order valence-electron chi connectivity index (χ4n) is 4.51. The summed E-state index contributed by atoms with van der Waals surface area (Å²) in [5.74, 6) is 0.736. The van der Waals surface area contributed by atoms with Crippen molar-refractivity contribution in [2.24, 2.45) is 5.92 Å². The van der Waals surface area contributed by atoms with E-state index in [1.54, 1.807) is 6.92 Å². The van der Waals surface area contributed by atoms with Crippen molar-refractivity contribution in [2.45, 2.75) is 58.5 Å². The largest absolute Gasteiger partial charge is 0.316 e. The lowest BCUT2D eigenvalue weighted by Crippen LogP contribution is -3.12. The first-order valence-electron chi connectivity index (χ1n) is 10.8. The van der Waals surface area contributed by atoms with E-state index >= 15 is 0 Å². The molecule has 0 radical (unpaired) electrons. The molecule has 0 spiro atoms. The molecular formula is C22H35N4O2S+. The average Bonchev–Trinajstić information content (AvgIpc) is 2.98. The van der Waals surface area contributed by atoms with Crippen LogP contribution >= 0.6 is 0 Å². The maximum Gasteiger partial charge on any atom is 0.246 e. The zero-order chi connectivity index (χ0) is 21.0.